The van der Waals surface area contributed by atoms with Crippen LogP contribution in [0.25, 0.3) is 10.9 Å². The SMILES string of the molecule is Cc1cccc(C(=O)c2c(C)[nH]c3ccccc23)c1Cl. The fourth-order valence-electron chi connectivity index (χ4n) is 2.53. The summed E-state index contributed by atoms with van der Waals surface area (Å²) in [4.78, 5) is 16.1. The zero-order chi connectivity index (χ0) is 14.3. The Hall–Kier alpha value is -2.06. The van der Waals surface area contributed by atoms with Crippen molar-refractivity contribution in [2.24, 2.45) is 0 Å². The average Bonchev–Trinajstić information content (AvgIpc) is 2.77. The third kappa shape index (κ3) is 1.93. The van der Waals surface area contributed by atoms with Crippen molar-refractivity contribution in [3.05, 3.63) is 69.9 Å². The number of H-pyrrole nitrogens is 1. The summed E-state index contributed by atoms with van der Waals surface area (Å²) < 4.78 is 0. The number of carbonyl (C=O) groups excluding carboxylic acids is 1. The highest BCUT2D eigenvalue weighted by atomic mass is 35.5. The van der Waals surface area contributed by atoms with Crippen LogP contribution in [0.3, 0.4) is 0 Å². The molecule has 0 unspecified atom stereocenters. The number of halogens is 1. The molecule has 0 aliphatic heterocycles. The van der Waals surface area contributed by atoms with Gasteiger partial charge in [-0.3, -0.25) is 4.79 Å². The second-order valence-corrected chi connectivity index (χ2v) is 5.31. The van der Waals surface area contributed by atoms with E-state index in [0.717, 1.165) is 22.2 Å². The number of ketones is 1. The fourth-order valence-corrected chi connectivity index (χ4v) is 2.74. The maximum atomic E-state index is 12.8. The van der Waals surface area contributed by atoms with E-state index < -0.39 is 0 Å². The number of fused-ring (bicyclic) bond motifs is 1. The molecule has 1 heterocycles. The van der Waals surface area contributed by atoms with E-state index in [9.17, 15) is 4.79 Å². The van der Waals surface area contributed by atoms with Gasteiger partial charge in [-0.15, -0.1) is 0 Å². The number of carbonyl (C=O) groups is 1. The molecule has 0 aliphatic rings. The maximum absolute atomic E-state index is 12.8. The minimum Gasteiger partial charge on any atom is -0.358 e. The quantitative estimate of drug-likeness (QED) is 0.681. The Bertz CT molecular complexity index is 817. The van der Waals surface area contributed by atoms with E-state index in [0.29, 0.717) is 16.1 Å². The molecule has 0 bridgehead atoms. The van der Waals surface area contributed by atoms with E-state index in [1.807, 2.05) is 50.2 Å². The molecule has 0 saturated carbocycles. The molecule has 20 heavy (non-hydrogen) atoms. The molecule has 0 aliphatic carbocycles. The Balaban J connectivity index is 2.23. The smallest absolute Gasteiger partial charge is 0.196 e. The van der Waals surface area contributed by atoms with Crippen LogP contribution in [0.15, 0.2) is 42.5 Å². The average molecular weight is 284 g/mol. The topological polar surface area (TPSA) is 32.9 Å². The van der Waals surface area contributed by atoms with Gasteiger partial charge in [0.25, 0.3) is 0 Å². The molecule has 100 valence electrons. The van der Waals surface area contributed by atoms with Crippen molar-refractivity contribution in [3.8, 4) is 0 Å². The molecule has 0 radical (unpaired) electrons. The van der Waals surface area contributed by atoms with Gasteiger partial charge in [0.15, 0.2) is 5.78 Å². The van der Waals surface area contributed by atoms with Gasteiger partial charge in [-0.25, -0.2) is 0 Å². The third-order valence-electron chi connectivity index (χ3n) is 3.56. The number of hydrogen-bond acceptors (Lipinski definition) is 1. The lowest BCUT2D eigenvalue weighted by molar-refractivity contribution is 0.104. The molecule has 2 nitrogen and oxygen atoms in total. The lowest BCUT2D eigenvalue weighted by Crippen LogP contribution is -2.04. The summed E-state index contributed by atoms with van der Waals surface area (Å²) in [6, 6.07) is 13.3. The molecule has 0 spiro atoms. The molecule has 1 aromatic heterocycles. The largest absolute Gasteiger partial charge is 0.358 e. The van der Waals surface area contributed by atoms with E-state index >= 15 is 0 Å². The van der Waals surface area contributed by atoms with Gasteiger partial charge in [0, 0.05) is 22.2 Å². The summed E-state index contributed by atoms with van der Waals surface area (Å²) in [7, 11) is 0. The van der Waals surface area contributed by atoms with Crippen molar-refractivity contribution in [1.29, 1.82) is 0 Å². The number of aryl methyl sites for hydroxylation is 2. The number of nitrogens with one attached hydrogen (secondary N) is 1. The van der Waals surface area contributed by atoms with Crippen molar-refractivity contribution < 1.29 is 4.79 Å². The zero-order valence-corrected chi connectivity index (χ0v) is 12.1. The molecular formula is C17H14ClNO. The molecule has 3 heteroatoms. The highest BCUT2D eigenvalue weighted by Crippen LogP contribution is 2.28. The molecule has 3 aromatic rings. The van der Waals surface area contributed by atoms with Crippen molar-refractivity contribution in [3.63, 3.8) is 0 Å². The number of aromatic amines is 1. The minimum absolute atomic E-state index is 0.0337. The van der Waals surface area contributed by atoms with Crippen LogP contribution in [-0.4, -0.2) is 10.8 Å². The monoisotopic (exact) mass is 283 g/mol. The predicted molar refractivity (Wildman–Crippen MR) is 82.7 cm³/mol. The second kappa shape index (κ2) is 4.80. The van der Waals surface area contributed by atoms with E-state index in [1.54, 1.807) is 6.07 Å². The first-order chi connectivity index (χ1) is 9.59. The number of rotatable bonds is 2. The lowest BCUT2D eigenvalue weighted by Gasteiger charge is -2.06. The zero-order valence-electron chi connectivity index (χ0n) is 11.3. The number of para-hydroxylation sites is 1. The summed E-state index contributed by atoms with van der Waals surface area (Å²) in [5, 5.41) is 1.47. The third-order valence-corrected chi connectivity index (χ3v) is 4.06. The van der Waals surface area contributed by atoms with Crippen molar-refractivity contribution in [1.82, 2.24) is 4.98 Å². The van der Waals surface area contributed by atoms with E-state index in [2.05, 4.69) is 4.98 Å². The number of aromatic nitrogens is 1. The Morgan fingerprint density at radius 3 is 2.60 bits per heavy atom. The second-order valence-electron chi connectivity index (χ2n) is 4.94. The van der Waals surface area contributed by atoms with Gasteiger partial charge in [-0.2, -0.15) is 0 Å². The number of benzene rings is 2. The first-order valence-electron chi connectivity index (χ1n) is 6.46. The van der Waals surface area contributed by atoms with Gasteiger partial charge in [0.1, 0.15) is 0 Å². The normalized spacial score (nSPS) is 10.9. The van der Waals surface area contributed by atoms with E-state index in [-0.39, 0.29) is 5.78 Å². The molecular weight excluding hydrogens is 270 g/mol. The predicted octanol–water partition coefficient (Wildman–Crippen LogP) is 4.67. The maximum Gasteiger partial charge on any atom is 0.196 e. The van der Waals surface area contributed by atoms with Gasteiger partial charge >= 0.3 is 0 Å². The molecule has 0 fully saturated rings. The molecule has 3 rings (SSSR count). The van der Waals surface area contributed by atoms with Crippen LogP contribution in [0.4, 0.5) is 0 Å². The first-order valence-corrected chi connectivity index (χ1v) is 6.84. The Kier molecular flexibility index (Phi) is 3.11. The Morgan fingerprint density at radius 1 is 1.05 bits per heavy atom. The molecule has 0 saturated heterocycles. The molecule has 2 aromatic carbocycles. The van der Waals surface area contributed by atoms with Gasteiger partial charge in [-0.05, 0) is 31.5 Å². The Morgan fingerprint density at radius 2 is 1.80 bits per heavy atom. The standard InChI is InChI=1S/C17H14ClNO/c1-10-6-5-8-13(16(10)18)17(20)15-11(2)19-14-9-4-3-7-12(14)15/h3-9,19H,1-2H3. The van der Waals surface area contributed by atoms with Crippen LogP contribution in [0, 0.1) is 13.8 Å². The highest BCUT2D eigenvalue weighted by Gasteiger charge is 2.20. The number of hydrogen-bond donors (Lipinski definition) is 1. The highest BCUT2D eigenvalue weighted by molar-refractivity contribution is 6.36. The molecule has 1 N–H and O–H groups in total. The van der Waals surface area contributed by atoms with Crippen LogP contribution >= 0.6 is 11.6 Å². The van der Waals surface area contributed by atoms with Crippen LogP contribution in [-0.2, 0) is 0 Å². The van der Waals surface area contributed by atoms with E-state index in [1.165, 1.54) is 0 Å². The molecule has 0 atom stereocenters. The summed E-state index contributed by atoms with van der Waals surface area (Å²) in [6.45, 7) is 3.82. The van der Waals surface area contributed by atoms with Crippen LogP contribution in [0.2, 0.25) is 5.02 Å². The van der Waals surface area contributed by atoms with Gasteiger partial charge in [0.05, 0.1) is 10.6 Å². The first kappa shape index (κ1) is 12.9. The summed E-state index contributed by atoms with van der Waals surface area (Å²) in [5.74, 6) is -0.0337. The summed E-state index contributed by atoms with van der Waals surface area (Å²) in [6.07, 6.45) is 0. The van der Waals surface area contributed by atoms with Crippen LogP contribution in [0.1, 0.15) is 27.2 Å². The van der Waals surface area contributed by atoms with Crippen LogP contribution < -0.4 is 0 Å². The van der Waals surface area contributed by atoms with E-state index in [4.69, 9.17) is 11.6 Å². The van der Waals surface area contributed by atoms with Gasteiger partial charge < -0.3 is 4.98 Å². The Labute approximate surface area is 122 Å². The fraction of sp³-hybridized carbons (Fsp3) is 0.118. The van der Waals surface area contributed by atoms with Gasteiger partial charge in [0.2, 0.25) is 0 Å². The lowest BCUT2D eigenvalue weighted by atomic mass is 9.99. The van der Waals surface area contributed by atoms with Crippen molar-refractivity contribution in [2.75, 3.05) is 0 Å². The summed E-state index contributed by atoms with van der Waals surface area (Å²) >= 11 is 6.28. The molecule has 0 amide bonds. The van der Waals surface area contributed by atoms with Crippen molar-refractivity contribution >= 4 is 28.3 Å². The van der Waals surface area contributed by atoms with Crippen molar-refractivity contribution in [2.45, 2.75) is 13.8 Å². The minimum atomic E-state index is -0.0337. The van der Waals surface area contributed by atoms with Gasteiger partial charge in [-0.1, -0.05) is 41.9 Å². The summed E-state index contributed by atoms with van der Waals surface area (Å²) in [5.41, 5.74) is 4.01. The van der Waals surface area contributed by atoms with Crippen LogP contribution in [0.5, 0.6) is 0 Å².